The molecule has 18 heteroatoms. The van der Waals surface area contributed by atoms with Crippen molar-refractivity contribution in [3.05, 3.63) is 118 Å². The number of aromatic nitrogens is 5. The lowest BCUT2D eigenvalue weighted by atomic mass is 9.83. The fraction of sp³-hybridized carbons (Fsp3) is 0.263. The molecule has 1 saturated carbocycles. The number of rotatable bonds is 11. The molecular weight excluding hydrogens is 784 g/mol. The van der Waals surface area contributed by atoms with Gasteiger partial charge in [-0.05, 0) is 54.2 Å². The second-order valence-electron chi connectivity index (χ2n) is 14.1. The first-order valence-electron chi connectivity index (χ1n) is 17.2. The van der Waals surface area contributed by atoms with Crippen LogP contribution in [0.2, 0.25) is 5.02 Å². The van der Waals surface area contributed by atoms with Crippen LogP contribution in [-0.4, -0.2) is 45.1 Å². The van der Waals surface area contributed by atoms with E-state index >= 15 is 8.78 Å². The minimum absolute atomic E-state index is 0.0186. The molecule has 0 aliphatic heterocycles. The number of sulfonamides is 1. The fourth-order valence-electron chi connectivity index (χ4n) is 8.06. The number of nitrogens with two attached hydrogens (primary N) is 1. The van der Waals surface area contributed by atoms with Gasteiger partial charge in [0, 0.05) is 53.4 Å². The molecule has 56 heavy (non-hydrogen) atoms. The Morgan fingerprint density at radius 3 is 2.34 bits per heavy atom. The van der Waals surface area contributed by atoms with Crippen LogP contribution in [0.25, 0.3) is 33.2 Å². The molecular formula is C38H30ClF6N7O3S. The lowest BCUT2D eigenvalue weighted by molar-refractivity contribution is -0.122. The molecule has 1 amide bonds. The van der Waals surface area contributed by atoms with Gasteiger partial charge < -0.3 is 5.73 Å². The Bertz CT molecular complexity index is 2670. The average molecular weight is 814 g/mol. The van der Waals surface area contributed by atoms with Crippen LogP contribution in [-0.2, 0) is 34.2 Å². The highest BCUT2D eigenvalue weighted by Crippen LogP contribution is 2.68. The summed E-state index contributed by atoms with van der Waals surface area (Å²) < 4.78 is 120. The van der Waals surface area contributed by atoms with Gasteiger partial charge in [0.1, 0.15) is 29.1 Å². The third-order valence-electron chi connectivity index (χ3n) is 10.3. The van der Waals surface area contributed by atoms with E-state index in [-0.39, 0.29) is 50.5 Å². The zero-order valence-electron chi connectivity index (χ0n) is 29.3. The van der Waals surface area contributed by atoms with Crippen LogP contribution in [0.1, 0.15) is 58.9 Å². The maximum absolute atomic E-state index is 16.0. The van der Waals surface area contributed by atoms with Crippen molar-refractivity contribution in [2.24, 2.45) is 18.7 Å². The molecule has 2 aliphatic carbocycles. The van der Waals surface area contributed by atoms with Crippen molar-refractivity contribution in [2.75, 3.05) is 11.0 Å². The van der Waals surface area contributed by atoms with Crippen molar-refractivity contribution in [2.45, 2.75) is 43.1 Å². The average Bonchev–Trinajstić information content (AvgIpc) is 3.65. The molecule has 290 valence electrons. The Morgan fingerprint density at radius 1 is 1.00 bits per heavy atom. The van der Waals surface area contributed by atoms with Crippen LogP contribution < -0.4 is 10.5 Å². The van der Waals surface area contributed by atoms with Gasteiger partial charge in [0.2, 0.25) is 15.9 Å². The Kier molecular flexibility index (Phi) is 8.95. The monoisotopic (exact) mass is 813 g/mol. The third kappa shape index (κ3) is 6.35. The van der Waals surface area contributed by atoms with Gasteiger partial charge in [-0.3, -0.25) is 19.2 Å². The van der Waals surface area contributed by atoms with Gasteiger partial charge in [-0.2, -0.15) is 19.0 Å². The number of nitrogens with one attached hydrogen (secondary N) is 1. The number of carbonyl (C=O) groups is 1. The normalized spacial score (nSPS) is 18.2. The maximum atomic E-state index is 16.0. The highest BCUT2D eigenvalue weighted by atomic mass is 35.5. The zero-order chi connectivity index (χ0) is 40.0. The van der Waals surface area contributed by atoms with E-state index in [0.717, 1.165) is 18.4 Å². The van der Waals surface area contributed by atoms with Gasteiger partial charge in [0.05, 0.1) is 27.9 Å². The van der Waals surface area contributed by atoms with E-state index < -0.39 is 81.5 Å². The number of nitrogens with zero attached hydrogens (tertiary/aromatic N) is 5. The zero-order valence-corrected chi connectivity index (χ0v) is 30.9. The number of aryl methyl sites for hydroxylation is 1. The standard InChI is InChI=1S/C38H30ClF6N7O3S/c1-51-32-22(8-9-27(39)29(32)37(49-51)50-56(2,54)55)23-13-19(18-6-4-3-5-7-18)16-47-30(23)25(12-17-10-20(40)14-21(41)11-17)33(36(46)53)52-34-28(31(48-52)35(42)43)24-15-26(24)38(34,44)45/h3-11,13-14,16,24-26,33,35H,12,15H2,1-2H3,(H2,46,53)(H,49,50)/t24-,25+,26+,33?/m0/s1. The van der Waals surface area contributed by atoms with Crippen molar-refractivity contribution >= 4 is 44.3 Å². The molecule has 0 radical (unpaired) electrons. The SMILES string of the molecule is Cn1nc(NS(C)(=O)=O)c2c(Cl)ccc(-c3cc(-c4ccccc4)cnc3[C@@H](Cc3cc(F)cc(F)c3)C(C(N)=O)n3nc(C(F)F)c4c3C(F)(F)[C@@H]3C[C@H]43)c21. The van der Waals surface area contributed by atoms with E-state index in [4.69, 9.17) is 22.3 Å². The Balaban J connectivity index is 1.44. The van der Waals surface area contributed by atoms with Gasteiger partial charge in [-0.15, -0.1) is 0 Å². The van der Waals surface area contributed by atoms with E-state index in [0.29, 0.717) is 27.4 Å². The summed E-state index contributed by atoms with van der Waals surface area (Å²) in [6.07, 6.45) is -1.41. The van der Waals surface area contributed by atoms with Gasteiger partial charge in [-0.1, -0.05) is 48.0 Å². The second-order valence-corrected chi connectivity index (χ2v) is 16.2. The van der Waals surface area contributed by atoms with Gasteiger partial charge in [0.15, 0.2) is 5.82 Å². The molecule has 1 fully saturated rings. The number of fused-ring (bicyclic) bond motifs is 4. The number of pyridine rings is 1. The topological polar surface area (TPSA) is 138 Å². The Morgan fingerprint density at radius 2 is 1.70 bits per heavy atom. The van der Waals surface area contributed by atoms with E-state index in [1.165, 1.54) is 24.0 Å². The van der Waals surface area contributed by atoms with Gasteiger partial charge in [-0.25, -0.2) is 30.7 Å². The van der Waals surface area contributed by atoms with Gasteiger partial charge >= 0.3 is 0 Å². The molecule has 3 aromatic carbocycles. The number of primary amides is 1. The van der Waals surface area contributed by atoms with Crippen LogP contribution in [0.4, 0.5) is 32.2 Å². The van der Waals surface area contributed by atoms with Crippen LogP contribution >= 0.6 is 11.6 Å². The number of benzene rings is 3. The van der Waals surface area contributed by atoms with E-state index in [2.05, 4.69) is 14.9 Å². The largest absolute Gasteiger partial charge is 0.368 e. The number of carbonyl (C=O) groups excluding carboxylic acids is 1. The lowest BCUT2D eigenvalue weighted by Crippen LogP contribution is -2.37. The van der Waals surface area contributed by atoms with Crippen molar-refractivity contribution < 1.29 is 39.6 Å². The highest BCUT2D eigenvalue weighted by molar-refractivity contribution is 7.92. The molecule has 3 aromatic heterocycles. The number of halogens is 7. The Labute approximate surface area is 320 Å². The highest BCUT2D eigenvalue weighted by Gasteiger charge is 2.67. The van der Waals surface area contributed by atoms with Crippen molar-refractivity contribution in [3.8, 4) is 22.3 Å². The van der Waals surface area contributed by atoms with Crippen LogP contribution in [0.15, 0.2) is 72.9 Å². The summed E-state index contributed by atoms with van der Waals surface area (Å²) in [6.45, 7) is 0. The Hall–Kier alpha value is -5.42. The quantitative estimate of drug-likeness (QED) is 0.127. The first-order valence-corrected chi connectivity index (χ1v) is 19.4. The molecule has 6 aromatic rings. The van der Waals surface area contributed by atoms with Crippen molar-refractivity contribution in [1.82, 2.24) is 24.5 Å². The van der Waals surface area contributed by atoms with E-state index in [9.17, 15) is 30.8 Å². The maximum Gasteiger partial charge on any atom is 0.293 e. The second kappa shape index (κ2) is 13.4. The summed E-state index contributed by atoms with van der Waals surface area (Å²) in [4.78, 5) is 18.5. The number of anilines is 1. The minimum atomic E-state index is -3.86. The summed E-state index contributed by atoms with van der Waals surface area (Å²) in [7, 11) is -2.34. The van der Waals surface area contributed by atoms with Crippen molar-refractivity contribution in [3.63, 3.8) is 0 Å². The fourth-order valence-corrected chi connectivity index (χ4v) is 8.80. The lowest BCUT2D eigenvalue weighted by Gasteiger charge is -2.29. The molecule has 0 saturated heterocycles. The molecule has 8 rings (SSSR count). The molecule has 2 aliphatic rings. The molecule has 0 bridgehead atoms. The number of amides is 1. The van der Waals surface area contributed by atoms with Crippen LogP contribution in [0, 0.1) is 17.6 Å². The molecule has 0 spiro atoms. The number of hydrogen-bond donors (Lipinski definition) is 2. The first kappa shape index (κ1) is 37.5. The smallest absolute Gasteiger partial charge is 0.293 e. The van der Waals surface area contributed by atoms with Crippen LogP contribution in [0.3, 0.4) is 0 Å². The molecule has 4 atom stereocenters. The summed E-state index contributed by atoms with van der Waals surface area (Å²) >= 11 is 6.65. The molecule has 3 heterocycles. The minimum Gasteiger partial charge on any atom is -0.368 e. The summed E-state index contributed by atoms with van der Waals surface area (Å²) in [5.74, 6) is -10.6. The predicted octanol–water partition coefficient (Wildman–Crippen LogP) is 8.00. The van der Waals surface area contributed by atoms with Gasteiger partial charge in [0.25, 0.3) is 12.3 Å². The number of alkyl halides is 4. The van der Waals surface area contributed by atoms with E-state index in [1.807, 2.05) is 0 Å². The molecule has 3 N–H and O–H groups in total. The van der Waals surface area contributed by atoms with Crippen LogP contribution in [0.5, 0.6) is 0 Å². The molecule has 1 unspecified atom stereocenters. The summed E-state index contributed by atoms with van der Waals surface area (Å²) in [5.41, 5.74) is 5.89. The van der Waals surface area contributed by atoms with E-state index in [1.54, 1.807) is 42.5 Å². The van der Waals surface area contributed by atoms with Crippen molar-refractivity contribution in [1.29, 1.82) is 0 Å². The third-order valence-corrected chi connectivity index (χ3v) is 11.2. The first-order chi connectivity index (χ1) is 26.4. The molecule has 10 nitrogen and oxygen atoms in total. The summed E-state index contributed by atoms with van der Waals surface area (Å²) in [6, 6.07) is 14.3. The predicted molar refractivity (Wildman–Crippen MR) is 196 cm³/mol. The summed E-state index contributed by atoms with van der Waals surface area (Å²) in [5, 5.41) is 8.58. The number of hydrogen-bond acceptors (Lipinski definition) is 6.